The molecule has 0 fully saturated rings. The van der Waals surface area contributed by atoms with Crippen molar-refractivity contribution >= 4 is 45.0 Å². The number of fused-ring (bicyclic) bond motifs is 4. The normalized spacial score (nSPS) is 11.7. The number of para-hydroxylation sites is 3. The molecule has 0 unspecified atom stereocenters. The summed E-state index contributed by atoms with van der Waals surface area (Å²) in [5.41, 5.74) is 8.48. The van der Waals surface area contributed by atoms with Gasteiger partial charge >= 0.3 is 0 Å². The molecular weight excluding hydrogens is 552 g/mol. The average molecular weight is 581 g/mol. The van der Waals surface area contributed by atoms with Gasteiger partial charge in [-0.3, -0.25) is 0 Å². The number of aromatic nitrogens is 4. The van der Waals surface area contributed by atoms with E-state index in [1.54, 1.807) is 0 Å². The van der Waals surface area contributed by atoms with Gasteiger partial charge < -0.3 is 8.98 Å². The summed E-state index contributed by atoms with van der Waals surface area (Å²) in [6.07, 6.45) is 6.13. The van der Waals surface area contributed by atoms with Crippen LogP contribution in [-0.2, 0) is 0 Å². The van der Waals surface area contributed by atoms with E-state index in [-0.39, 0.29) is 0 Å². The predicted molar refractivity (Wildman–Crippen MR) is 185 cm³/mol. The van der Waals surface area contributed by atoms with Gasteiger partial charge in [0.2, 0.25) is 0 Å². The number of hydrogen-bond donors (Lipinski definition) is 0. The molecule has 45 heavy (non-hydrogen) atoms. The quantitative estimate of drug-likeness (QED) is 0.196. The Morgan fingerprint density at radius 1 is 0.644 bits per heavy atom. The van der Waals surface area contributed by atoms with Crippen molar-refractivity contribution in [1.29, 1.82) is 0 Å². The highest BCUT2D eigenvalue weighted by Gasteiger charge is 2.19. The fraction of sp³-hybridized carbons (Fsp3) is 0.0250. The molecule has 0 spiro atoms. The smallest absolute Gasteiger partial charge is 0.167 e. The maximum atomic E-state index is 6.38. The Morgan fingerprint density at radius 3 is 2.13 bits per heavy atom. The van der Waals surface area contributed by atoms with Gasteiger partial charge in [-0.15, -0.1) is 0 Å². The number of benzene rings is 5. The van der Waals surface area contributed by atoms with E-state index in [4.69, 9.17) is 19.4 Å². The maximum absolute atomic E-state index is 6.38. The molecule has 3 aromatic heterocycles. The molecule has 214 valence electrons. The SMILES string of the molecule is C=Cc1c(/C=C\C)c2ccccc2n1-c1cccc(-c2nc(-c3ccccc3)nc(-c3cccc4c3oc3ccccc34)n2)c1. The van der Waals surface area contributed by atoms with Crippen molar-refractivity contribution in [2.75, 3.05) is 0 Å². The van der Waals surface area contributed by atoms with Crippen LogP contribution in [-0.4, -0.2) is 19.5 Å². The lowest BCUT2D eigenvalue weighted by Gasteiger charge is -2.12. The van der Waals surface area contributed by atoms with Gasteiger partial charge in [-0.1, -0.05) is 110 Å². The van der Waals surface area contributed by atoms with Crippen LogP contribution in [0.4, 0.5) is 0 Å². The van der Waals surface area contributed by atoms with Gasteiger partial charge in [0.25, 0.3) is 0 Å². The summed E-state index contributed by atoms with van der Waals surface area (Å²) < 4.78 is 8.62. The first-order valence-electron chi connectivity index (χ1n) is 14.9. The highest BCUT2D eigenvalue weighted by Crippen LogP contribution is 2.36. The predicted octanol–water partition coefficient (Wildman–Crippen LogP) is 10.4. The van der Waals surface area contributed by atoms with Crippen LogP contribution >= 0.6 is 0 Å². The molecule has 5 nitrogen and oxygen atoms in total. The van der Waals surface area contributed by atoms with Crippen molar-refractivity contribution < 1.29 is 4.42 Å². The molecule has 0 aliphatic carbocycles. The fourth-order valence-electron chi connectivity index (χ4n) is 6.15. The summed E-state index contributed by atoms with van der Waals surface area (Å²) >= 11 is 0. The molecule has 3 heterocycles. The Bertz CT molecular complexity index is 2410. The van der Waals surface area contributed by atoms with Crippen molar-refractivity contribution in [2.24, 2.45) is 0 Å². The molecule has 5 aromatic carbocycles. The fourth-order valence-corrected chi connectivity index (χ4v) is 6.15. The van der Waals surface area contributed by atoms with Gasteiger partial charge in [0.05, 0.1) is 16.8 Å². The van der Waals surface area contributed by atoms with Crippen molar-refractivity contribution in [3.8, 4) is 39.9 Å². The van der Waals surface area contributed by atoms with Crippen LogP contribution in [0.1, 0.15) is 18.2 Å². The van der Waals surface area contributed by atoms with Gasteiger partial charge in [0, 0.05) is 38.5 Å². The zero-order chi connectivity index (χ0) is 30.3. The second-order valence-corrected chi connectivity index (χ2v) is 10.9. The zero-order valence-electron chi connectivity index (χ0n) is 24.7. The van der Waals surface area contributed by atoms with Crippen molar-refractivity contribution in [2.45, 2.75) is 6.92 Å². The lowest BCUT2D eigenvalue weighted by Crippen LogP contribution is -2.02. The molecular formula is C40H28N4O. The van der Waals surface area contributed by atoms with Crippen LogP contribution in [0, 0.1) is 0 Å². The maximum Gasteiger partial charge on any atom is 0.167 e. The van der Waals surface area contributed by atoms with Crippen LogP contribution in [0.25, 0.3) is 84.8 Å². The number of allylic oxidation sites excluding steroid dienone is 1. The number of nitrogens with zero attached hydrogens (tertiary/aromatic N) is 4. The second kappa shape index (κ2) is 10.9. The Morgan fingerprint density at radius 2 is 1.31 bits per heavy atom. The monoisotopic (exact) mass is 580 g/mol. The Kier molecular flexibility index (Phi) is 6.42. The lowest BCUT2D eigenvalue weighted by molar-refractivity contribution is 0.669. The number of furan rings is 1. The molecule has 0 aliphatic rings. The summed E-state index contributed by atoms with van der Waals surface area (Å²) in [5.74, 6) is 1.74. The largest absolute Gasteiger partial charge is 0.455 e. The zero-order valence-corrected chi connectivity index (χ0v) is 24.7. The molecule has 8 aromatic rings. The van der Waals surface area contributed by atoms with E-state index < -0.39 is 0 Å². The van der Waals surface area contributed by atoms with Crippen LogP contribution in [0.15, 0.2) is 138 Å². The van der Waals surface area contributed by atoms with Gasteiger partial charge in [0.1, 0.15) is 11.2 Å². The molecule has 0 saturated heterocycles. The summed E-state index contributed by atoms with van der Waals surface area (Å²) in [6.45, 7) is 6.21. The second-order valence-electron chi connectivity index (χ2n) is 10.9. The van der Waals surface area contributed by atoms with Gasteiger partial charge in [-0.05, 0) is 43.3 Å². The van der Waals surface area contributed by atoms with E-state index in [9.17, 15) is 0 Å². The summed E-state index contributed by atoms with van der Waals surface area (Å²) in [6, 6.07) is 41.0. The molecule has 5 heteroatoms. The first-order chi connectivity index (χ1) is 22.2. The number of hydrogen-bond acceptors (Lipinski definition) is 4. The van der Waals surface area contributed by atoms with Crippen LogP contribution in [0.5, 0.6) is 0 Å². The standard InChI is InChI=1S/C40H28N4O/c1-3-14-29-30-19-8-10-23-35(30)44(34(29)4-2)28-18-12-17-27(25-28)39-41-38(26-15-6-5-7-16-26)42-40(43-39)33-22-13-21-32-31-20-9-11-24-36(31)45-37(32)33/h3-25H,2H2,1H3/b14-3-. The van der Waals surface area contributed by atoms with Gasteiger partial charge in [-0.25, -0.2) is 15.0 Å². The molecule has 8 rings (SSSR count). The topological polar surface area (TPSA) is 56.7 Å². The minimum Gasteiger partial charge on any atom is -0.455 e. The van der Waals surface area contributed by atoms with E-state index in [1.807, 2.05) is 85.8 Å². The number of rotatable bonds is 6. The van der Waals surface area contributed by atoms with E-state index in [1.165, 1.54) is 5.39 Å². The molecule has 0 N–H and O–H groups in total. The van der Waals surface area contributed by atoms with E-state index in [0.29, 0.717) is 17.5 Å². The van der Waals surface area contributed by atoms with E-state index >= 15 is 0 Å². The average Bonchev–Trinajstić information content (AvgIpc) is 3.64. The lowest BCUT2D eigenvalue weighted by atomic mass is 10.1. The molecule has 0 atom stereocenters. The van der Waals surface area contributed by atoms with Gasteiger partial charge in [-0.2, -0.15) is 0 Å². The summed E-state index contributed by atoms with van der Waals surface area (Å²) in [5, 5.41) is 3.26. The molecule has 0 amide bonds. The highest BCUT2D eigenvalue weighted by molar-refractivity contribution is 6.09. The molecule has 0 saturated carbocycles. The third-order valence-electron chi connectivity index (χ3n) is 8.15. The van der Waals surface area contributed by atoms with Crippen molar-refractivity contribution in [3.63, 3.8) is 0 Å². The molecule has 0 aliphatic heterocycles. The summed E-state index contributed by atoms with van der Waals surface area (Å²) in [4.78, 5) is 15.1. The Hall–Kier alpha value is -6.07. The summed E-state index contributed by atoms with van der Waals surface area (Å²) in [7, 11) is 0. The van der Waals surface area contributed by atoms with E-state index in [0.717, 1.165) is 61.1 Å². The Labute approximate surface area is 260 Å². The van der Waals surface area contributed by atoms with Crippen LogP contribution in [0.2, 0.25) is 0 Å². The third kappa shape index (κ3) is 4.45. The van der Waals surface area contributed by atoms with Crippen molar-refractivity contribution in [3.05, 3.63) is 145 Å². The molecule has 0 bridgehead atoms. The van der Waals surface area contributed by atoms with Crippen molar-refractivity contribution in [1.82, 2.24) is 19.5 Å². The highest BCUT2D eigenvalue weighted by atomic mass is 16.3. The first kappa shape index (κ1) is 26.5. The van der Waals surface area contributed by atoms with Crippen LogP contribution in [0.3, 0.4) is 0 Å². The minimum atomic E-state index is 0.558. The van der Waals surface area contributed by atoms with E-state index in [2.05, 4.69) is 71.8 Å². The third-order valence-corrected chi connectivity index (χ3v) is 8.15. The van der Waals surface area contributed by atoms with Gasteiger partial charge in [0.15, 0.2) is 17.5 Å². The Balaban J connectivity index is 1.35. The molecule has 0 radical (unpaired) electrons. The first-order valence-corrected chi connectivity index (χ1v) is 14.9. The minimum absolute atomic E-state index is 0.558. The van der Waals surface area contributed by atoms with Crippen LogP contribution < -0.4 is 0 Å².